The normalized spacial score (nSPS) is 28.0. The predicted octanol–water partition coefficient (Wildman–Crippen LogP) is 1.57. The molecule has 16 heavy (non-hydrogen) atoms. The lowest BCUT2D eigenvalue weighted by Gasteiger charge is -2.31. The lowest BCUT2D eigenvalue weighted by Crippen LogP contribution is -2.33. The van der Waals surface area contributed by atoms with Gasteiger partial charge in [0.2, 0.25) is 0 Å². The van der Waals surface area contributed by atoms with Gasteiger partial charge >= 0.3 is 5.97 Å². The molecule has 1 unspecified atom stereocenters. The first kappa shape index (κ1) is 11.4. The van der Waals surface area contributed by atoms with E-state index in [1.54, 1.807) is 0 Å². The quantitative estimate of drug-likeness (QED) is 0.668. The van der Waals surface area contributed by atoms with Crippen LogP contribution in [-0.4, -0.2) is 32.1 Å². The minimum absolute atomic E-state index is 0.254. The highest BCUT2D eigenvalue weighted by Gasteiger charge is 2.32. The fourth-order valence-corrected chi connectivity index (χ4v) is 2.06. The summed E-state index contributed by atoms with van der Waals surface area (Å²) in [5, 5.41) is 0. The van der Waals surface area contributed by atoms with Gasteiger partial charge in [-0.1, -0.05) is 6.08 Å². The second-order valence-electron chi connectivity index (χ2n) is 3.69. The summed E-state index contributed by atoms with van der Waals surface area (Å²) in [7, 11) is 0. The zero-order chi connectivity index (χ0) is 11.5. The van der Waals surface area contributed by atoms with E-state index in [0.29, 0.717) is 18.8 Å². The summed E-state index contributed by atoms with van der Waals surface area (Å²) in [6.45, 7) is 5.19. The number of carbonyl (C=O) groups is 1. The van der Waals surface area contributed by atoms with Crippen LogP contribution in [-0.2, 0) is 19.0 Å². The van der Waals surface area contributed by atoms with E-state index in [2.05, 4.69) is 0 Å². The Morgan fingerprint density at radius 3 is 3.00 bits per heavy atom. The Hall–Kier alpha value is -1.13. The van der Waals surface area contributed by atoms with Crippen molar-refractivity contribution < 1.29 is 19.0 Å². The molecule has 0 radical (unpaired) electrons. The number of allylic oxidation sites excluding steroid dienone is 1. The SMILES string of the molecule is CC=C1C2=C(COC1OCC)C(=O)OCC2. The Morgan fingerprint density at radius 2 is 2.31 bits per heavy atom. The van der Waals surface area contributed by atoms with E-state index < -0.39 is 0 Å². The largest absolute Gasteiger partial charge is 0.462 e. The van der Waals surface area contributed by atoms with Crippen molar-refractivity contribution in [1.82, 2.24) is 0 Å². The molecule has 4 nitrogen and oxygen atoms in total. The average molecular weight is 224 g/mol. The molecule has 0 fully saturated rings. The van der Waals surface area contributed by atoms with Crippen molar-refractivity contribution >= 4 is 5.97 Å². The van der Waals surface area contributed by atoms with Gasteiger partial charge in [-0.25, -0.2) is 4.79 Å². The smallest absolute Gasteiger partial charge is 0.336 e. The maximum Gasteiger partial charge on any atom is 0.336 e. The zero-order valence-electron chi connectivity index (χ0n) is 9.62. The molecule has 2 aliphatic heterocycles. The number of carbonyl (C=O) groups excluding carboxylic acids is 1. The Morgan fingerprint density at radius 1 is 1.50 bits per heavy atom. The van der Waals surface area contributed by atoms with Crippen molar-refractivity contribution in [2.24, 2.45) is 0 Å². The number of hydrogen-bond acceptors (Lipinski definition) is 4. The molecule has 0 aromatic heterocycles. The highest BCUT2D eigenvalue weighted by atomic mass is 16.7. The molecule has 0 saturated heterocycles. The summed E-state index contributed by atoms with van der Waals surface area (Å²) in [5.41, 5.74) is 2.67. The van der Waals surface area contributed by atoms with Gasteiger partial charge in [-0.2, -0.15) is 0 Å². The van der Waals surface area contributed by atoms with Gasteiger partial charge in [0.15, 0.2) is 6.29 Å². The lowest BCUT2D eigenvalue weighted by atomic mass is 9.93. The molecular formula is C12H16O4. The van der Waals surface area contributed by atoms with Crippen molar-refractivity contribution in [2.45, 2.75) is 26.6 Å². The third kappa shape index (κ3) is 1.90. The van der Waals surface area contributed by atoms with E-state index >= 15 is 0 Å². The van der Waals surface area contributed by atoms with Crippen LogP contribution in [0.15, 0.2) is 22.8 Å². The fourth-order valence-electron chi connectivity index (χ4n) is 2.06. The number of ether oxygens (including phenoxy) is 3. The number of rotatable bonds is 2. The molecule has 0 aromatic rings. The molecule has 88 valence electrons. The maximum atomic E-state index is 11.5. The van der Waals surface area contributed by atoms with Crippen molar-refractivity contribution in [3.63, 3.8) is 0 Å². The monoisotopic (exact) mass is 224 g/mol. The second-order valence-corrected chi connectivity index (χ2v) is 3.69. The molecule has 2 heterocycles. The molecule has 0 N–H and O–H groups in total. The topological polar surface area (TPSA) is 44.8 Å². The average Bonchev–Trinajstić information content (AvgIpc) is 2.29. The first-order chi connectivity index (χ1) is 7.77. The Labute approximate surface area is 94.9 Å². The third-order valence-corrected chi connectivity index (χ3v) is 2.81. The fraction of sp³-hybridized carbons (Fsp3) is 0.583. The summed E-state index contributed by atoms with van der Waals surface area (Å²) in [5.74, 6) is -0.254. The molecule has 0 spiro atoms. The second kappa shape index (κ2) is 4.80. The highest BCUT2D eigenvalue weighted by molar-refractivity contribution is 5.91. The molecule has 1 atom stereocenters. The lowest BCUT2D eigenvalue weighted by molar-refractivity contribution is -0.146. The van der Waals surface area contributed by atoms with Crippen LogP contribution in [0, 0.1) is 0 Å². The molecular weight excluding hydrogens is 208 g/mol. The van der Waals surface area contributed by atoms with E-state index in [1.165, 1.54) is 0 Å². The van der Waals surface area contributed by atoms with Crippen LogP contribution < -0.4 is 0 Å². The number of esters is 1. The molecule has 2 aliphatic rings. The Bertz CT molecular complexity index is 354. The van der Waals surface area contributed by atoms with Gasteiger partial charge in [0, 0.05) is 18.6 Å². The van der Waals surface area contributed by atoms with E-state index in [-0.39, 0.29) is 18.9 Å². The van der Waals surface area contributed by atoms with Crippen LogP contribution in [0.2, 0.25) is 0 Å². The van der Waals surface area contributed by atoms with Crippen LogP contribution in [0.1, 0.15) is 20.3 Å². The Balaban J connectivity index is 2.31. The van der Waals surface area contributed by atoms with Gasteiger partial charge in [-0.15, -0.1) is 0 Å². The van der Waals surface area contributed by atoms with E-state index in [0.717, 1.165) is 17.6 Å². The van der Waals surface area contributed by atoms with Crippen LogP contribution in [0.5, 0.6) is 0 Å². The maximum absolute atomic E-state index is 11.5. The molecule has 0 aromatic carbocycles. The molecule has 0 saturated carbocycles. The minimum Gasteiger partial charge on any atom is -0.462 e. The van der Waals surface area contributed by atoms with Gasteiger partial charge in [-0.05, 0) is 19.4 Å². The first-order valence-electron chi connectivity index (χ1n) is 5.56. The van der Waals surface area contributed by atoms with Crippen LogP contribution >= 0.6 is 0 Å². The number of hydrogen-bond donors (Lipinski definition) is 0. The van der Waals surface area contributed by atoms with E-state index in [4.69, 9.17) is 14.2 Å². The van der Waals surface area contributed by atoms with Crippen LogP contribution in [0.4, 0.5) is 0 Å². The van der Waals surface area contributed by atoms with Gasteiger partial charge < -0.3 is 14.2 Å². The van der Waals surface area contributed by atoms with Crippen molar-refractivity contribution in [3.05, 3.63) is 22.8 Å². The third-order valence-electron chi connectivity index (χ3n) is 2.81. The standard InChI is InChI=1S/C12H16O4/c1-3-8-9-5-6-15-11(13)10(9)7-16-12(8)14-4-2/h3,12H,4-7H2,1-2H3. The minimum atomic E-state index is -0.334. The van der Waals surface area contributed by atoms with Gasteiger partial charge in [0.1, 0.15) is 0 Å². The van der Waals surface area contributed by atoms with Gasteiger partial charge in [0.25, 0.3) is 0 Å². The molecule has 0 bridgehead atoms. The summed E-state index contributed by atoms with van der Waals surface area (Å²) < 4.78 is 16.0. The number of cyclic esters (lactones) is 1. The summed E-state index contributed by atoms with van der Waals surface area (Å²) >= 11 is 0. The molecule has 4 heteroatoms. The van der Waals surface area contributed by atoms with Gasteiger partial charge in [0.05, 0.1) is 18.8 Å². The van der Waals surface area contributed by atoms with Gasteiger partial charge in [-0.3, -0.25) is 0 Å². The van der Waals surface area contributed by atoms with Crippen molar-refractivity contribution in [2.75, 3.05) is 19.8 Å². The first-order valence-corrected chi connectivity index (χ1v) is 5.56. The molecule has 2 rings (SSSR count). The van der Waals surface area contributed by atoms with Crippen molar-refractivity contribution in [3.8, 4) is 0 Å². The van der Waals surface area contributed by atoms with E-state index in [9.17, 15) is 4.79 Å². The molecule has 0 amide bonds. The Kier molecular flexibility index (Phi) is 3.41. The molecule has 0 aliphatic carbocycles. The summed E-state index contributed by atoms with van der Waals surface area (Å²) in [6, 6.07) is 0. The van der Waals surface area contributed by atoms with Crippen LogP contribution in [0.25, 0.3) is 0 Å². The predicted molar refractivity (Wildman–Crippen MR) is 57.7 cm³/mol. The highest BCUT2D eigenvalue weighted by Crippen LogP contribution is 2.32. The van der Waals surface area contributed by atoms with Crippen LogP contribution in [0.3, 0.4) is 0 Å². The summed E-state index contributed by atoms with van der Waals surface area (Å²) in [4.78, 5) is 11.5. The van der Waals surface area contributed by atoms with E-state index in [1.807, 2.05) is 19.9 Å². The summed E-state index contributed by atoms with van der Waals surface area (Å²) in [6.07, 6.45) is 2.38. The van der Waals surface area contributed by atoms with Crippen molar-refractivity contribution in [1.29, 1.82) is 0 Å². The zero-order valence-corrected chi connectivity index (χ0v) is 9.62.